The van der Waals surface area contributed by atoms with E-state index in [2.05, 4.69) is 19.2 Å². The molecule has 1 N–H and O–H groups in total. The number of anilines is 1. The van der Waals surface area contributed by atoms with Gasteiger partial charge in [-0.1, -0.05) is 18.2 Å². The fraction of sp³-hybridized carbons (Fsp3) is 0.154. The van der Waals surface area contributed by atoms with Crippen molar-refractivity contribution in [3.8, 4) is 17.1 Å². The van der Waals surface area contributed by atoms with Crippen LogP contribution in [0.3, 0.4) is 0 Å². The second-order valence-corrected chi connectivity index (χ2v) is 4.48. The van der Waals surface area contributed by atoms with E-state index in [0.29, 0.717) is 0 Å². The summed E-state index contributed by atoms with van der Waals surface area (Å²) in [5, 5.41) is 7.59. The van der Waals surface area contributed by atoms with E-state index in [1.165, 1.54) is 11.7 Å². The quantitative estimate of drug-likeness (QED) is 0.792. The van der Waals surface area contributed by atoms with Crippen LogP contribution >= 0.6 is 11.7 Å². The molecule has 0 spiro atoms. The van der Waals surface area contributed by atoms with Gasteiger partial charge in [-0.15, -0.1) is 0 Å². The molecule has 19 heavy (non-hydrogen) atoms. The van der Waals surface area contributed by atoms with Crippen LogP contribution < -0.4 is 5.32 Å². The Bertz CT molecular complexity index is 658. The van der Waals surface area contributed by atoms with Crippen molar-refractivity contribution in [3.05, 3.63) is 42.6 Å². The second kappa shape index (κ2) is 5.19. The van der Waals surface area contributed by atoms with E-state index >= 15 is 0 Å². The largest absolute Gasteiger partial charge is 0.368 e. The molecule has 0 bridgehead atoms. The number of nitrogens with zero attached hydrogens (tertiary/aromatic N) is 4. The van der Waals surface area contributed by atoms with Crippen molar-refractivity contribution < 1.29 is 0 Å². The highest BCUT2D eigenvalue weighted by Gasteiger charge is 2.15. The molecule has 0 saturated heterocycles. The number of nitrogens with one attached hydrogen (secondary N) is 1. The number of aromatic nitrogens is 4. The predicted molar refractivity (Wildman–Crippen MR) is 76.6 cm³/mol. The first-order valence-electron chi connectivity index (χ1n) is 6.06. The fourth-order valence-electron chi connectivity index (χ4n) is 1.90. The summed E-state index contributed by atoms with van der Waals surface area (Å²) in [7, 11) is 0. The van der Waals surface area contributed by atoms with Crippen LogP contribution in [0.1, 0.15) is 6.92 Å². The van der Waals surface area contributed by atoms with Gasteiger partial charge in [0.25, 0.3) is 0 Å². The Morgan fingerprint density at radius 2 is 2.00 bits per heavy atom. The molecule has 0 radical (unpaired) electrons. The molecule has 0 amide bonds. The van der Waals surface area contributed by atoms with E-state index in [0.717, 1.165) is 29.4 Å². The Morgan fingerprint density at radius 3 is 2.79 bits per heavy atom. The Kier molecular flexibility index (Phi) is 3.24. The summed E-state index contributed by atoms with van der Waals surface area (Å²) in [6.07, 6.45) is 1.78. The summed E-state index contributed by atoms with van der Waals surface area (Å²) in [5.41, 5.74) is 2.79. The van der Waals surface area contributed by atoms with E-state index in [9.17, 15) is 0 Å². The zero-order valence-electron chi connectivity index (χ0n) is 10.4. The number of rotatable bonds is 4. The summed E-state index contributed by atoms with van der Waals surface area (Å²) in [4.78, 5) is 0. The first kappa shape index (κ1) is 11.9. The number of benzene rings is 1. The van der Waals surface area contributed by atoms with Gasteiger partial charge in [-0.3, -0.25) is 0 Å². The average Bonchev–Trinajstić information content (AvgIpc) is 3.08. The zero-order valence-corrected chi connectivity index (χ0v) is 11.3. The summed E-state index contributed by atoms with van der Waals surface area (Å²) >= 11 is 1.20. The molecule has 5 nitrogen and oxygen atoms in total. The summed E-state index contributed by atoms with van der Waals surface area (Å²) < 4.78 is 10.5. The van der Waals surface area contributed by atoms with Gasteiger partial charge in [0.15, 0.2) is 5.82 Å². The third-order valence-electron chi connectivity index (χ3n) is 2.72. The minimum atomic E-state index is 0.810. The lowest BCUT2D eigenvalue weighted by Crippen LogP contribution is -2.02. The molecule has 0 aliphatic rings. The van der Waals surface area contributed by atoms with Gasteiger partial charge in [0.05, 0.1) is 29.3 Å². The minimum Gasteiger partial charge on any atom is -0.368 e. The maximum Gasteiger partial charge on any atom is 0.169 e. The Labute approximate surface area is 115 Å². The average molecular weight is 271 g/mol. The molecule has 2 aromatic heterocycles. The van der Waals surface area contributed by atoms with Crippen LogP contribution in [0.2, 0.25) is 0 Å². The molecule has 2 heterocycles. The Balaban J connectivity index is 2.07. The van der Waals surface area contributed by atoms with E-state index in [1.54, 1.807) is 6.20 Å². The van der Waals surface area contributed by atoms with Gasteiger partial charge in [0, 0.05) is 6.54 Å². The first-order valence-corrected chi connectivity index (χ1v) is 6.79. The molecule has 96 valence electrons. The van der Waals surface area contributed by atoms with Gasteiger partial charge < -0.3 is 5.32 Å². The van der Waals surface area contributed by atoms with E-state index in [1.807, 2.05) is 48.0 Å². The normalized spacial score (nSPS) is 10.6. The molecule has 3 aromatic rings. The number of hydrogen-bond acceptors (Lipinski definition) is 5. The highest BCUT2D eigenvalue weighted by atomic mass is 32.1. The van der Waals surface area contributed by atoms with Crippen LogP contribution in [0.4, 0.5) is 5.82 Å². The van der Waals surface area contributed by atoms with Gasteiger partial charge in [0.1, 0.15) is 5.69 Å². The van der Waals surface area contributed by atoms with Crippen molar-refractivity contribution in [2.75, 3.05) is 11.9 Å². The molecule has 6 heteroatoms. The van der Waals surface area contributed by atoms with Crippen molar-refractivity contribution in [3.63, 3.8) is 0 Å². The third kappa shape index (κ3) is 2.22. The Hall–Kier alpha value is -2.21. The molecule has 0 aliphatic heterocycles. The first-order chi connectivity index (χ1) is 9.40. The SMILES string of the molecule is CCNc1nsnc1-c1ccnn1-c1ccccc1. The molecular weight excluding hydrogens is 258 g/mol. The second-order valence-electron chi connectivity index (χ2n) is 3.96. The van der Waals surface area contributed by atoms with Crippen molar-refractivity contribution in [2.24, 2.45) is 0 Å². The molecule has 0 fully saturated rings. The van der Waals surface area contributed by atoms with Gasteiger partial charge >= 0.3 is 0 Å². The van der Waals surface area contributed by atoms with Crippen molar-refractivity contribution in [1.29, 1.82) is 0 Å². The van der Waals surface area contributed by atoms with E-state index in [-0.39, 0.29) is 0 Å². The van der Waals surface area contributed by atoms with Gasteiger partial charge in [0.2, 0.25) is 0 Å². The molecule has 0 unspecified atom stereocenters. The third-order valence-corrected chi connectivity index (χ3v) is 3.25. The van der Waals surface area contributed by atoms with Crippen LogP contribution in [-0.2, 0) is 0 Å². The Morgan fingerprint density at radius 1 is 1.16 bits per heavy atom. The van der Waals surface area contributed by atoms with Crippen molar-refractivity contribution in [1.82, 2.24) is 18.5 Å². The highest BCUT2D eigenvalue weighted by Crippen LogP contribution is 2.27. The fourth-order valence-corrected chi connectivity index (χ4v) is 2.43. The van der Waals surface area contributed by atoms with Crippen LogP contribution in [0.25, 0.3) is 17.1 Å². The van der Waals surface area contributed by atoms with Gasteiger partial charge in [-0.25, -0.2) is 4.68 Å². The van der Waals surface area contributed by atoms with Crippen LogP contribution in [0.15, 0.2) is 42.6 Å². The maximum absolute atomic E-state index is 4.37. The molecule has 1 aromatic carbocycles. The monoisotopic (exact) mass is 271 g/mol. The zero-order chi connectivity index (χ0) is 13.1. The molecule has 0 atom stereocenters. The predicted octanol–water partition coefficient (Wildman–Crippen LogP) is 2.82. The maximum atomic E-state index is 4.37. The highest BCUT2D eigenvalue weighted by molar-refractivity contribution is 6.99. The minimum absolute atomic E-state index is 0.810. The van der Waals surface area contributed by atoms with Gasteiger partial charge in [-0.2, -0.15) is 13.8 Å². The van der Waals surface area contributed by atoms with Gasteiger partial charge in [-0.05, 0) is 25.1 Å². The number of para-hydroxylation sites is 1. The molecule has 0 saturated carbocycles. The van der Waals surface area contributed by atoms with Crippen LogP contribution in [0.5, 0.6) is 0 Å². The van der Waals surface area contributed by atoms with E-state index in [4.69, 9.17) is 0 Å². The standard InChI is InChI=1S/C13H13N5S/c1-2-14-13-12(16-19-17-13)11-8-9-15-18(11)10-6-4-3-5-7-10/h3-9H,2H2,1H3,(H,14,17). The molecule has 0 aliphatic carbocycles. The molecular formula is C13H13N5S. The molecule has 3 rings (SSSR count). The lowest BCUT2D eigenvalue weighted by atomic mass is 10.2. The van der Waals surface area contributed by atoms with E-state index < -0.39 is 0 Å². The number of hydrogen-bond donors (Lipinski definition) is 1. The lowest BCUT2D eigenvalue weighted by molar-refractivity contribution is 0.885. The topological polar surface area (TPSA) is 55.6 Å². The summed E-state index contributed by atoms with van der Waals surface area (Å²) in [6.45, 7) is 2.86. The van der Waals surface area contributed by atoms with Crippen molar-refractivity contribution in [2.45, 2.75) is 6.92 Å². The van der Waals surface area contributed by atoms with Crippen LogP contribution in [0, 0.1) is 0 Å². The summed E-state index contributed by atoms with van der Waals surface area (Å²) in [6, 6.07) is 12.0. The van der Waals surface area contributed by atoms with Crippen LogP contribution in [-0.4, -0.2) is 25.1 Å². The van der Waals surface area contributed by atoms with Crippen molar-refractivity contribution >= 4 is 17.5 Å². The summed E-state index contributed by atoms with van der Waals surface area (Å²) in [5.74, 6) is 0.810. The lowest BCUT2D eigenvalue weighted by Gasteiger charge is -2.06. The smallest absolute Gasteiger partial charge is 0.169 e.